The monoisotopic (exact) mass is 342 g/mol. The Kier molecular flexibility index (Phi) is 5.93. The van der Waals surface area contributed by atoms with Crippen LogP contribution in [0.25, 0.3) is 0 Å². The Morgan fingerprint density at radius 2 is 2.00 bits per heavy atom. The number of nitrogens with one attached hydrogen (secondary N) is 1. The normalized spacial score (nSPS) is 10.5. The van der Waals surface area contributed by atoms with E-state index in [1.807, 2.05) is 25.1 Å². The van der Waals surface area contributed by atoms with Crippen LogP contribution in [0.3, 0.4) is 0 Å². The van der Waals surface area contributed by atoms with Crippen LogP contribution in [-0.2, 0) is 4.79 Å². The predicted molar refractivity (Wildman–Crippen MR) is 102 cm³/mol. The average Bonchev–Trinajstić information content (AvgIpc) is 2.53. The lowest BCUT2D eigenvalue weighted by Crippen LogP contribution is -2.21. The number of benzene rings is 2. The van der Waals surface area contributed by atoms with Crippen molar-refractivity contribution >= 4 is 28.8 Å². The summed E-state index contributed by atoms with van der Waals surface area (Å²) in [6.07, 6.45) is 0. The third-order valence-electron chi connectivity index (χ3n) is 3.58. The molecule has 0 radical (unpaired) electrons. The number of ether oxygens (including phenoxy) is 1. The van der Waals surface area contributed by atoms with Crippen molar-refractivity contribution in [3.63, 3.8) is 0 Å². The van der Waals surface area contributed by atoms with E-state index in [2.05, 4.69) is 19.2 Å². The van der Waals surface area contributed by atoms with Crippen LogP contribution < -0.4 is 15.8 Å². The van der Waals surface area contributed by atoms with Crippen molar-refractivity contribution in [2.24, 2.45) is 5.73 Å². The van der Waals surface area contributed by atoms with Crippen LogP contribution in [0.1, 0.15) is 36.5 Å². The smallest absolute Gasteiger partial charge is 0.262 e. The molecule has 0 bridgehead atoms. The molecule has 2 aromatic carbocycles. The third kappa shape index (κ3) is 4.80. The molecule has 5 heteroatoms. The van der Waals surface area contributed by atoms with E-state index in [4.69, 9.17) is 22.7 Å². The van der Waals surface area contributed by atoms with Gasteiger partial charge in [0.25, 0.3) is 5.91 Å². The van der Waals surface area contributed by atoms with Crippen LogP contribution in [0.15, 0.2) is 42.5 Å². The molecule has 0 aromatic heterocycles. The van der Waals surface area contributed by atoms with E-state index in [9.17, 15) is 4.79 Å². The first-order valence-electron chi connectivity index (χ1n) is 7.80. The van der Waals surface area contributed by atoms with Crippen molar-refractivity contribution in [3.8, 4) is 5.75 Å². The summed E-state index contributed by atoms with van der Waals surface area (Å²) in [5.41, 5.74) is 9.14. The van der Waals surface area contributed by atoms with Gasteiger partial charge in [-0.15, -0.1) is 0 Å². The van der Waals surface area contributed by atoms with Crippen molar-refractivity contribution in [2.45, 2.75) is 26.7 Å². The Morgan fingerprint density at radius 1 is 1.25 bits per heavy atom. The van der Waals surface area contributed by atoms with Gasteiger partial charge in [-0.25, -0.2) is 0 Å². The topological polar surface area (TPSA) is 64.3 Å². The summed E-state index contributed by atoms with van der Waals surface area (Å²) in [5, 5.41) is 2.79. The van der Waals surface area contributed by atoms with Crippen molar-refractivity contribution in [1.82, 2.24) is 0 Å². The van der Waals surface area contributed by atoms with Gasteiger partial charge in [-0.05, 0) is 42.2 Å². The Bertz CT molecular complexity index is 757. The maximum absolute atomic E-state index is 12.1. The van der Waals surface area contributed by atoms with Crippen LogP contribution in [0, 0.1) is 6.92 Å². The highest BCUT2D eigenvalue weighted by atomic mass is 32.1. The Balaban J connectivity index is 2.02. The standard InChI is InChI=1S/C19H22N2O2S/c1-12(2)16-8-7-13(3)9-17(16)23-11-18(22)21-15-6-4-5-14(10-15)19(20)24/h4-10,12H,11H2,1-3H3,(H2,20,24)(H,21,22). The molecular formula is C19H22N2O2S. The van der Waals surface area contributed by atoms with E-state index in [-0.39, 0.29) is 12.5 Å². The highest BCUT2D eigenvalue weighted by molar-refractivity contribution is 7.80. The number of nitrogens with two attached hydrogens (primary N) is 1. The van der Waals surface area contributed by atoms with Gasteiger partial charge < -0.3 is 15.8 Å². The number of hydrogen-bond acceptors (Lipinski definition) is 3. The molecule has 0 aliphatic rings. The van der Waals surface area contributed by atoms with E-state index in [0.29, 0.717) is 22.2 Å². The van der Waals surface area contributed by atoms with Gasteiger partial charge in [-0.1, -0.05) is 50.3 Å². The third-order valence-corrected chi connectivity index (χ3v) is 3.82. The molecule has 126 valence electrons. The van der Waals surface area contributed by atoms with E-state index >= 15 is 0 Å². The maximum Gasteiger partial charge on any atom is 0.262 e. The molecule has 3 N–H and O–H groups in total. The van der Waals surface area contributed by atoms with E-state index in [0.717, 1.165) is 16.9 Å². The largest absolute Gasteiger partial charge is 0.483 e. The van der Waals surface area contributed by atoms with Gasteiger partial charge >= 0.3 is 0 Å². The van der Waals surface area contributed by atoms with E-state index < -0.39 is 0 Å². The summed E-state index contributed by atoms with van der Waals surface area (Å²) in [5.74, 6) is 0.842. The quantitative estimate of drug-likeness (QED) is 0.784. The number of thiocarbonyl (C=S) groups is 1. The summed E-state index contributed by atoms with van der Waals surface area (Å²) in [6, 6.07) is 13.2. The molecule has 0 heterocycles. The van der Waals surface area contributed by atoms with Crippen LogP contribution in [0.4, 0.5) is 5.69 Å². The average molecular weight is 342 g/mol. The molecule has 0 aliphatic carbocycles. The lowest BCUT2D eigenvalue weighted by atomic mass is 10.0. The molecule has 0 atom stereocenters. The van der Waals surface area contributed by atoms with Gasteiger partial charge in [0.05, 0.1) is 0 Å². The molecule has 24 heavy (non-hydrogen) atoms. The van der Waals surface area contributed by atoms with Gasteiger partial charge in [0.2, 0.25) is 0 Å². The molecule has 0 saturated carbocycles. The first-order valence-corrected chi connectivity index (χ1v) is 8.20. The predicted octanol–water partition coefficient (Wildman–Crippen LogP) is 3.77. The molecule has 0 unspecified atom stereocenters. The minimum Gasteiger partial charge on any atom is -0.483 e. The summed E-state index contributed by atoms with van der Waals surface area (Å²) < 4.78 is 5.73. The van der Waals surface area contributed by atoms with Crippen LogP contribution in [-0.4, -0.2) is 17.5 Å². The fourth-order valence-electron chi connectivity index (χ4n) is 2.33. The number of carbonyl (C=O) groups excluding carboxylic acids is 1. The Morgan fingerprint density at radius 3 is 2.67 bits per heavy atom. The molecule has 2 aromatic rings. The van der Waals surface area contributed by atoms with Crippen molar-refractivity contribution in [1.29, 1.82) is 0 Å². The first kappa shape index (κ1) is 17.9. The van der Waals surface area contributed by atoms with Crippen LogP contribution in [0.5, 0.6) is 5.75 Å². The first-order chi connectivity index (χ1) is 11.4. The summed E-state index contributed by atoms with van der Waals surface area (Å²) in [4.78, 5) is 12.4. The van der Waals surface area contributed by atoms with E-state index in [1.165, 1.54) is 0 Å². The SMILES string of the molecule is Cc1ccc(C(C)C)c(OCC(=O)Nc2cccc(C(N)=S)c2)c1. The molecule has 0 fully saturated rings. The lowest BCUT2D eigenvalue weighted by molar-refractivity contribution is -0.118. The second kappa shape index (κ2) is 7.93. The number of rotatable bonds is 6. The number of aryl methyl sites for hydroxylation is 1. The van der Waals surface area contributed by atoms with Gasteiger partial charge in [-0.2, -0.15) is 0 Å². The molecule has 4 nitrogen and oxygen atoms in total. The lowest BCUT2D eigenvalue weighted by Gasteiger charge is -2.15. The second-order valence-electron chi connectivity index (χ2n) is 5.98. The highest BCUT2D eigenvalue weighted by Crippen LogP contribution is 2.27. The zero-order valence-electron chi connectivity index (χ0n) is 14.1. The molecule has 0 saturated heterocycles. The fraction of sp³-hybridized carbons (Fsp3) is 0.263. The molecule has 2 rings (SSSR count). The van der Waals surface area contributed by atoms with Gasteiger partial charge in [0.15, 0.2) is 6.61 Å². The fourth-order valence-corrected chi connectivity index (χ4v) is 2.46. The number of carbonyl (C=O) groups is 1. The minimum atomic E-state index is -0.230. The Hall–Kier alpha value is -2.40. The van der Waals surface area contributed by atoms with Crippen LogP contribution in [0.2, 0.25) is 0 Å². The molecular weight excluding hydrogens is 320 g/mol. The van der Waals surface area contributed by atoms with Crippen molar-refractivity contribution in [2.75, 3.05) is 11.9 Å². The molecule has 0 spiro atoms. The number of anilines is 1. The van der Waals surface area contributed by atoms with Gasteiger partial charge in [0.1, 0.15) is 10.7 Å². The minimum absolute atomic E-state index is 0.0551. The number of hydrogen-bond donors (Lipinski definition) is 2. The van der Waals surface area contributed by atoms with Crippen molar-refractivity contribution < 1.29 is 9.53 Å². The van der Waals surface area contributed by atoms with Gasteiger partial charge in [0, 0.05) is 11.3 Å². The maximum atomic E-state index is 12.1. The van der Waals surface area contributed by atoms with E-state index in [1.54, 1.807) is 24.3 Å². The molecule has 1 amide bonds. The second-order valence-corrected chi connectivity index (χ2v) is 6.42. The Labute approximate surface area is 148 Å². The molecule has 0 aliphatic heterocycles. The highest BCUT2D eigenvalue weighted by Gasteiger charge is 2.11. The van der Waals surface area contributed by atoms with Gasteiger partial charge in [-0.3, -0.25) is 4.79 Å². The number of amides is 1. The zero-order valence-corrected chi connectivity index (χ0v) is 14.9. The summed E-state index contributed by atoms with van der Waals surface area (Å²) >= 11 is 4.94. The summed E-state index contributed by atoms with van der Waals surface area (Å²) in [6.45, 7) is 6.14. The zero-order chi connectivity index (χ0) is 17.7. The van der Waals surface area contributed by atoms with Crippen molar-refractivity contribution in [3.05, 3.63) is 59.2 Å². The van der Waals surface area contributed by atoms with Crippen LogP contribution >= 0.6 is 12.2 Å². The summed E-state index contributed by atoms with van der Waals surface area (Å²) in [7, 11) is 0.